The topological polar surface area (TPSA) is 109 Å². The standard InChI is InChI=1S/C20H21N5O3/c1-3-9-25(13-18-23-24-20(28-18)17-8-5-10-27-17)14(2)19(26)22-16-7-4-6-15(11-16)12-21/h4-8,10-11,14H,3,9,13H2,1-2H3,(H,22,26)/p+1/t14-/m1/s1. The molecule has 8 nitrogen and oxygen atoms in total. The van der Waals surface area contributed by atoms with Crippen LogP contribution < -0.4 is 10.2 Å². The van der Waals surface area contributed by atoms with Crippen LogP contribution in [-0.2, 0) is 11.3 Å². The molecular weight excluding hydrogens is 358 g/mol. The number of benzene rings is 1. The van der Waals surface area contributed by atoms with Crippen LogP contribution in [0.25, 0.3) is 11.7 Å². The van der Waals surface area contributed by atoms with Crippen LogP contribution in [0.15, 0.2) is 51.5 Å². The molecule has 0 radical (unpaired) electrons. The van der Waals surface area contributed by atoms with Crippen LogP contribution in [0, 0.1) is 11.3 Å². The van der Waals surface area contributed by atoms with E-state index < -0.39 is 0 Å². The van der Waals surface area contributed by atoms with Gasteiger partial charge in [-0.15, -0.1) is 10.2 Å². The number of rotatable bonds is 8. The van der Waals surface area contributed by atoms with Crippen LogP contribution in [0.1, 0.15) is 31.7 Å². The molecule has 1 unspecified atom stereocenters. The van der Waals surface area contributed by atoms with Crippen molar-refractivity contribution in [3.05, 3.63) is 54.1 Å². The summed E-state index contributed by atoms with van der Waals surface area (Å²) < 4.78 is 10.9. The fourth-order valence-electron chi connectivity index (χ4n) is 2.90. The monoisotopic (exact) mass is 380 g/mol. The molecule has 144 valence electrons. The fraction of sp³-hybridized carbons (Fsp3) is 0.300. The summed E-state index contributed by atoms with van der Waals surface area (Å²) in [4.78, 5) is 13.7. The summed E-state index contributed by atoms with van der Waals surface area (Å²) >= 11 is 0. The third-order valence-corrected chi connectivity index (χ3v) is 4.41. The molecule has 28 heavy (non-hydrogen) atoms. The second-order valence-corrected chi connectivity index (χ2v) is 6.47. The Bertz CT molecular complexity index is 958. The minimum Gasteiger partial charge on any atom is -0.459 e. The number of nitrogens with zero attached hydrogens (tertiary/aromatic N) is 3. The summed E-state index contributed by atoms with van der Waals surface area (Å²) in [5.74, 6) is 1.14. The molecule has 3 aromatic rings. The van der Waals surface area contributed by atoms with Crippen molar-refractivity contribution in [2.75, 3.05) is 11.9 Å². The predicted molar refractivity (Wildman–Crippen MR) is 101 cm³/mol. The third-order valence-electron chi connectivity index (χ3n) is 4.41. The van der Waals surface area contributed by atoms with Crippen LogP contribution >= 0.6 is 0 Å². The summed E-state index contributed by atoms with van der Waals surface area (Å²) in [5, 5.41) is 20.0. The maximum atomic E-state index is 12.7. The van der Waals surface area contributed by atoms with E-state index in [1.807, 2.05) is 6.92 Å². The number of quaternary nitrogens is 1. The quantitative estimate of drug-likeness (QED) is 0.619. The van der Waals surface area contributed by atoms with Gasteiger partial charge in [-0.3, -0.25) is 4.79 Å². The van der Waals surface area contributed by atoms with Gasteiger partial charge < -0.3 is 19.1 Å². The molecule has 0 aliphatic rings. The summed E-state index contributed by atoms with van der Waals surface area (Å²) in [6.07, 6.45) is 2.44. The van der Waals surface area contributed by atoms with Crippen LogP contribution in [0.2, 0.25) is 0 Å². The molecular formula is C20H22N5O3+. The van der Waals surface area contributed by atoms with E-state index in [2.05, 4.69) is 28.5 Å². The molecule has 1 amide bonds. The second kappa shape index (κ2) is 8.97. The number of aromatic nitrogens is 2. The normalized spacial score (nSPS) is 12.9. The zero-order valence-corrected chi connectivity index (χ0v) is 15.8. The SMILES string of the molecule is CCC[NH+](Cc1nnc(-c2ccco2)o1)[C@H](C)C(=O)Nc1cccc(C#N)c1. The van der Waals surface area contributed by atoms with Gasteiger partial charge in [0.2, 0.25) is 0 Å². The van der Waals surface area contributed by atoms with Crippen molar-refractivity contribution in [3.63, 3.8) is 0 Å². The molecule has 2 atom stereocenters. The fourth-order valence-corrected chi connectivity index (χ4v) is 2.90. The minimum absolute atomic E-state index is 0.135. The van der Waals surface area contributed by atoms with Gasteiger partial charge in [-0.05, 0) is 43.7 Å². The van der Waals surface area contributed by atoms with Crippen molar-refractivity contribution in [2.45, 2.75) is 32.9 Å². The lowest BCUT2D eigenvalue weighted by Gasteiger charge is -2.23. The molecule has 2 heterocycles. The van der Waals surface area contributed by atoms with Gasteiger partial charge in [0, 0.05) is 5.69 Å². The van der Waals surface area contributed by atoms with Crippen LogP contribution in [0.5, 0.6) is 0 Å². The Balaban J connectivity index is 1.68. The lowest BCUT2D eigenvalue weighted by molar-refractivity contribution is -0.928. The zero-order chi connectivity index (χ0) is 19.9. The number of nitriles is 1. The summed E-state index contributed by atoms with van der Waals surface area (Å²) in [6.45, 7) is 5.11. The molecule has 1 aromatic carbocycles. The Morgan fingerprint density at radius 2 is 2.18 bits per heavy atom. The number of anilines is 1. The van der Waals surface area contributed by atoms with Crippen molar-refractivity contribution in [1.82, 2.24) is 10.2 Å². The van der Waals surface area contributed by atoms with Crippen molar-refractivity contribution in [2.24, 2.45) is 0 Å². The number of hydrogen-bond donors (Lipinski definition) is 2. The first-order chi connectivity index (χ1) is 13.6. The number of furan rings is 1. The Labute approximate surface area is 162 Å². The highest BCUT2D eigenvalue weighted by molar-refractivity contribution is 5.93. The number of carbonyl (C=O) groups is 1. The Morgan fingerprint density at radius 1 is 1.32 bits per heavy atom. The maximum absolute atomic E-state index is 12.7. The van der Waals surface area contributed by atoms with E-state index in [1.165, 1.54) is 0 Å². The Morgan fingerprint density at radius 3 is 2.89 bits per heavy atom. The van der Waals surface area contributed by atoms with Crippen molar-refractivity contribution >= 4 is 11.6 Å². The first-order valence-corrected chi connectivity index (χ1v) is 9.12. The summed E-state index contributed by atoms with van der Waals surface area (Å²) in [7, 11) is 0. The van der Waals surface area contributed by atoms with E-state index in [0.717, 1.165) is 17.9 Å². The van der Waals surface area contributed by atoms with Gasteiger partial charge >= 0.3 is 0 Å². The van der Waals surface area contributed by atoms with Gasteiger partial charge in [0.15, 0.2) is 18.3 Å². The van der Waals surface area contributed by atoms with E-state index in [1.54, 1.807) is 42.7 Å². The van der Waals surface area contributed by atoms with Crippen molar-refractivity contribution in [1.29, 1.82) is 5.26 Å². The Kier molecular flexibility index (Phi) is 6.19. The van der Waals surface area contributed by atoms with Crippen LogP contribution in [0.4, 0.5) is 5.69 Å². The first-order valence-electron chi connectivity index (χ1n) is 9.12. The highest BCUT2D eigenvalue weighted by atomic mass is 16.4. The highest BCUT2D eigenvalue weighted by Crippen LogP contribution is 2.17. The molecule has 0 saturated heterocycles. The van der Waals surface area contributed by atoms with Gasteiger partial charge in [0.05, 0.1) is 24.4 Å². The average Bonchev–Trinajstić information content (AvgIpc) is 3.39. The summed E-state index contributed by atoms with van der Waals surface area (Å²) in [5.41, 5.74) is 1.10. The van der Waals surface area contributed by atoms with Gasteiger partial charge in [0.1, 0.15) is 0 Å². The number of nitrogens with one attached hydrogen (secondary N) is 2. The molecule has 3 rings (SSSR count). The lowest BCUT2D eigenvalue weighted by Crippen LogP contribution is -3.15. The van der Waals surface area contributed by atoms with Crippen molar-refractivity contribution in [3.8, 4) is 17.7 Å². The largest absolute Gasteiger partial charge is 0.459 e. The molecule has 0 bridgehead atoms. The van der Waals surface area contributed by atoms with E-state index in [4.69, 9.17) is 14.1 Å². The average molecular weight is 380 g/mol. The van der Waals surface area contributed by atoms with E-state index in [-0.39, 0.29) is 11.9 Å². The van der Waals surface area contributed by atoms with Crippen LogP contribution in [0.3, 0.4) is 0 Å². The molecule has 0 spiro atoms. The second-order valence-electron chi connectivity index (χ2n) is 6.47. The molecule has 8 heteroatoms. The van der Waals surface area contributed by atoms with Gasteiger partial charge in [-0.2, -0.15) is 5.26 Å². The van der Waals surface area contributed by atoms with Crippen molar-refractivity contribution < 1.29 is 18.5 Å². The third kappa shape index (κ3) is 4.64. The molecule has 0 aliphatic heterocycles. The van der Waals surface area contributed by atoms with Gasteiger partial charge in [0.25, 0.3) is 17.7 Å². The predicted octanol–water partition coefficient (Wildman–Crippen LogP) is 2.02. The number of carbonyl (C=O) groups excluding carboxylic acids is 1. The maximum Gasteiger partial charge on any atom is 0.283 e. The first kappa shape index (κ1) is 19.3. The smallest absolute Gasteiger partial charge is 0.283 e. The molecule has 2 aromatic heterocycles. The van der Waals surface area contributed by atoms with Gasteiger partial charge in [-0.25, -0.2) is 0 Å². The lowest BCUT2D eigenvalue weighted by atomic mass is 10.2. The minimum atomic E-state index is -0.343. The van der Waals surface area contributed by atoms with E-state index >= 15 is 0 Å². The summed E-state index contributed by atoms with van der Waals surface area (Å²) in [6, 6.07) is 12.1. The molecule has 0 fully saturated rings. The highest BCUT2D eigenvalue weighted by Gasteiger charge is 2.27. The number of hydrogen-bond acceptors (Lipinski definition) is 6. The zero-order valence-electron chi connectivity index (χ0n) is 15.8. The van der Waals surface area contributed by atoms with E-state index in [0.29, 0.717) is 35.3 Å². The number of amides is 1. The Hall–Kier alpha value is -3.44. The molecule has 2 N–H and O–H groups in total. The molecule has 0 saturated carbocycles. The van der Waals surface area contributed by atoms with Crippen LogP contribution in [-0.4, -0.2) is 28.7 Å². The molecule has 0 aliphatic carbocycles. The van der Waals surface area contributed by atoms with E-state index in [9.17, 15) is 4.79 Å². The van der Waals surface area contributed by atoms with Gasteiger partial charge in [-0.1, -0.05) is 13.0 Å².